The Morgan fingerprint density at radius 3 is 2.50 bits per heavy atom. The molecule has 1 aromatic carbocycles. The largest absolute Gasteiger partial charge is 0.371 e. The van der Waals surface area contributed by atoms with E-state index in [1.807, 2.05) is 56.4 Å². The van der Waals surface area contributed by atoms with Crippen LogP contribution in [0.5, 0.6) is 0 Å². The van der Waals surface area contributed by atoms with Crippen LogP contribution < -0.4 is 10.6 Å². The van der Waals surface area contributed by atoms with Gasteiger partial charge in [0.1, 0.15) is 11.9 Å². The molecule has 1 atom stereocenters. The van der Waals surface area contributed by atoms with E-state index in [4.69, 9.17) is 0 Å². The van der Waals surface area contributed by atoms with Gasteiger partial charge in [-0.15, -0.1) is 0 Å². The summed E-state index contributed by atoms with van der Waals surface area (Å²) in [4.78, 5) is 23.6. The molecule has 0 aliphatic carbocycles. The van der Waals surface area contributed by atoms with Crippen LogP contribution in [-0.4, -0.2) is 20.9 Å². The minimum absolute atomic E-state index is 0.0320. The maximum atomic E-state index is 11.9. The number of pyridine rings is 1. The summed E-state index contributed by atoms with van der Waals surface area (Å²) < 4.78 is 0. The predicted molar refractivity (Wildman–Crippen MR) is 103 cm³/mol. The Balaban J connectivity index is 1.73. The van der Waals surface area contributed by atoms with E-state index in [-0.39, 0.29) is 11.9 Å². The van der Waals surface area contributed by atoms with Gasteiger partial charge in [-0.05, 0) is 36.2 Å². The normalized spacial score (nSPS) is 12.0. The average Bonchev–Trinajstić information content (AvgIpc) is 3.15. The minimum atomic E-state index is -0.139. The van der Waals surface area contributed by atoms with Crippen LogP contribution in [-0.2, 0) is 4.79 Å². The molecule has 0 aliphatic rings. The van der Waals surface area contributed by atoms with Gasteiger partial charge in [0.2, 0.25) is 5.91 Å². The van der Waals surface area contributed by atoms with E-state index in [2.05, 4.69) is 25.6 Å². The Kier molecular flexibility index (Phi) is 5.63. The zero-order valence-electron chi connectivity index (χ0n) is 14.9. The number of aromatic amines is 1. The second kappa shape index (κ2) is 8.29. The molecule has 0 unspecified atom stereocenters. The molecule has 3 aromatic rings. The van der Waals surface area contributed by atoms with Crippen molar-refractivity contribution < 1.29 is 4.79 Å². The average molecular weight is 349 g/mol. The van der Waals surface area contributed by atoms with Gasteiger partial charge in [-0.1, -0.05) is 19.9 Å². The molecular formula is C20H23N5O. The molecule has 0 spiro atoms. The summed E-state index contributed by atoms with van der Waals surface area (Å²) in [6.07, 6.45) is 7.61. The number of nitrogens with one attached hydrogen (secondary N) is 3. The Morgan fingerprint density at radius 2 is 1.88 bits per heavy atom. The number of nitrogens with zero attached hydrogens (tertiary/aromatic N) is 2. The summed E-state index contributed by atoms with van der Waals surface area (Å²) in [6, 6.07) is 11.4. The maximum absolute atomic E-state index is 11.9. The first-order chi connectivity index (χ1) is 12.6. The molecule has 0 radical (unpaired) electrons. The first-order valence-electron chi connectivity index (χ1n) is 8.67. The summed E-state index contributed by atoms with van der Waals surface area (Å²) >= 11 is 0. The second-order valence-electron chi connectivity index (χ2n) is 6.56. The second-order valence-corrected chi connectivity index (χ2v) is 6.56. The van der Waals surface area contributed by atoms with E-state index < -0.39 is 0 Å². The van der Waals surface area contributed by atoms with Crippen molar-refractivity contribution >= 4 is 17.3 Å². The van der Waals surface area contributed by atoms with Gasteiger partial charge in [0.15, 0.2) is 0 Å². The number of carbonyl (C=O) groups excluding carboxylic acids is 1. The number of H-pyrrole nitrogens is 1. The zero-order chi connectivity index (χ0) is 18.4. The Hall–Kier alpha value is -3.15. The SMILES string of the molecule is CC(C)CC(=O)Nc1ccc(N[C@@H](c2cccnc2)c2ncc[nH]2)cc1. The molecule has 3 rings (SSSR count). The van der Waals surface area contributed by atoms with Crippen molar-refractivity contribution in [3.8, 4) is 0 Å². The van der Waals surface area contributed by atoms with Crippen molar-refractivity contribution in [2.75, 3.05) is 10.6 Å². The van der Waals surface area contributed by atoms with Crippen LogP contribution in [0.25, 0.3) is 0 Å². The van der Waals surface area contributed by atoms with Crippen molar-refractivity contribution in [2.24, 2.45) is 5.92 Å². The molecule has 0 bridgehead atoms. The molecule has 3 N–H and O–H groups in total. The Morgan fingerprint density at radius 1 is 1.12 bits per heavy atom. The number of amides is 1. The van der Waals surface area contributed by atoms with Gasteiger partial charge in [-0.3, -0.25) is 9.78 Å². The molecule has 2 heterocycles. The van der Waals surface area contributed by atoms with Crippen LogP contribution >= 0.6 is 0 Å². The fourth-order valence-corrected chi connectivity index (χ4v) is 2.69. The smallest absolute Gasteiger partial charge is 0.224 e. The molecule has 0 aliphatic heterocycles. The molecule has 134 valence electrons. The number of hydrogen-bond acceptors (Lipinski definition) is 4. The third-order valence-corrected chi connectivity index (χ3v) is 3.88. The zero-order valence-corrected chi connectivity index (χ0v) is 14.9. The van der Waals surface area contributed by atoms with Crippen molar-refractivity contribution in [3.05, 3.63) is 72.6 Å². The van der Waals surface area contributed by atoms with E-state index in [0.29, 0.717) is 12.3 Å². The van der Waals surface area contributed by atoms with Crippen molar-refractivity contribution in [1.29, 1.82) is 0 Å². The quantitative estimate of drug-likeness (QED) is 0.602. The monoisotopic (exact) mass is 349 g/mol. The van der Waals surface area contributed by atoms with Crippen molar-refractivity contribution in [2.45, 2.75) is 26.3 Å². The van der Waals surface area contributed by atoms with E-state index in [9.17, 15) is 4.79 Å². The molecule has 2 aromatic heterocycles. The third kappa shape index (κ3) is 4.69. The highest BCUT2D eigenvalue weighted by molar-refractivity contribution is 5.90. The number of rotatable bonds is 7. The summed E-state index contributed by atoms with van der Waals surface area (Å²) in [5, 5.41) is 6.38. The van der Waals surface area contributed by atoms with Gasteiger partial charge < -0.3 is 15.6 Å². The maximum Gasteiger partial charge on any atom is 0.224 e. The molecule has 6 nitrogen and oxygen atoms in total. The highest BCUT2D eigenvalue weighted by atomic mass is 16.1. The molecule has 0 saturated heterocycles. The standard InChI is InChI=1S/C20H23N5O/c1-14(2)12-18(26)24-16-5-7-17(8-6-16)25-19(20-22-10-11-23-20)15-4-3-9-21-13-15/h3-11,13-14,19,25H,12H2,1-2H3,(H,22,23)(H,24,26)/t19-/m0/s1. The fourth-order valence-electron chi connectivity index (χ4n) is 2.69. The molecule has 6 heteroatoms. The van der Waals surface area contributed by atoms with Gasteiger partial charge in [0, 0.05) is 48.1 Å². The number of benzene rings is 1. The number of imidazole rings is 1. The van der Waals surface area contributed by atoms with Gasteiger partial charge in [-0.25, -0.2) is 4.98 Å². The van der Waals surface area contributed by atoms with Gasteiger partial charge in [-0.2, -0.15) is 0 Å². The lowest BCUT2D eigenvalue weighted by molar-refractivity contribution is -0.116. The lowest BCUT2D eigenvalue weighted by Crippen LogP contribution is -2.15. The van der Waals surface area contributed by atoms with E-state index in [1.54, 1.807) is 18.6 Å². The summed E-state index contributed by atoms with van der Waals surface area (Å²) in [5.41, 5.74) is 2.73. The van der Waals surface area contributed by atoms with Gasteiger partial charge >= 0.3 is 0 Å². The molecule has 26 heavy (non-hydrogen) atoms. The molecular weight excluding hydrogens is 326 g/mol. The highest BCUT2D eigenvalue weighted by Gasteiger charge is 2.16. The third-order valence-electron chi connectivity index (χ3n) is 3.88. The summed E-state index contributed by atoms with van der Waals surface area (Å²) in [6.45, 7) is 4.06. The highest BCUT2D eigenvalue weighted by Crippen LogP contribution is 2.24. The van der Waals surface area contributed by atoms with Gasteiger partial charge in [0.05, 0.1) is 0 Å². The number of hydrogen-bond donors (Lipinski definition) is 3. The molecule has 0 fully saturated rings. The van der Waals surface area contributed by atoms with Crippen LogP contribution in [0.2, 0.25) is 0 Å². The molecule has 1 amide bonds. The lowest BCUT2D eigenvalue weighted by Gasteiger charge is -2.18. The summed E-state index contributed by atoms with van der Waals surface area (Å²) in [5.74, 6) is 1.18. The van der Waals surface area contributed by atoms with E-state index in [1.165, 1.54) is 0 Å². The number of anilines is 2. The van der Waals surface area contributed by atoms with Gasteiger partial charge in [0.25, 0.3) is 0 Å². The van der Waals surface area contributed by atoms with E-state index in [0.717, 1.165) is 22.8 Å². The molecule has 0 saturated carbocycles. The lowest BCUT2D eigenvalue weighted by atomic mass is 10.1. The summed E-state index contributed by atoms with van der Waals surface area (Å²) in [7, 11) is 0. The Bertz CT molecular complexity index is 813. The van der Waals surface area contributed by atoms with Crippen LogP contribution in [0.4, 0.5) is 11.4 Å². The fraction of sp³-hybridized carbons (Fsp3) is 0.250. The van der Waals surface area contributed by atoms with Crippen LogP contribution in [0.15, 0.2) is 61.2 Å². The number of aromatic nitrogens is 3. The predicted octanol–water partition coefficient (Wildman–Crippen LogP) is 3.99. The van der Waals surface area contributed by atoms with Crippen LogP contribution in [0.1, 0.15) is 37.7 Å². The topological polar surface area (TPSA) is 82.7 Å². The van der Waals surface area contributed by atoms with Crippen molar-refractivity contribution in [3.63, 3.8) is 0 Å². The first-order valence-corrected chi connectivity index (χ1v) is 8.67. The van der Waals surface area contributed by atoms with Crippen molar-refractivity contribution in [1.82, 2.24) is 15.0 Å². The van der Waals surface area contributed by atoms with E-state index >= 15 is 0 Å². The Labute approximate surface area is 153 Å². The minimum Gasteiger partial charge on any atom is -0.371 e. The van der Waals surface area contributed by atoms with Crippen LogP contribution in [0.3, 0.4) is 0 Å². The number of carbonyl (C=O) groups is 1. The van der Waals surface area contributed by atoms with Crippen LogP contribution in [0, 0.1) is 5.92 Å². The first kappa shape index (κ1) is 17.7.